The maximum atomic E-state index is 12.4. The Morgan fingerprint density at radius 1 is 0.947 bits per heavy atom. The summed E-state index contributed by atoms with van der Waals surface area (Å²) in [5.74, 6) is 0. The molecule has 0 spiro atoms. The van der Waals surface area contributed by atoms with Crippen LogP contribution in [0, 0.1) is 0 Å². The first kappa shape index (κ1) is 17.4. The highest BCUT2D eigenvalue weighted by Gasteiger charge is 2.36. The Morgan fingerprint density at radius 3 is 1.58 bits per heavy atom. The van der Waals surface area contributed by atoms with Gasteiger partial charge in [0.05, 0.1) is 11.1 Å². The van der Waals surface area contributed by atoms with Crippen LogP contribution in [0.1, 0.15) is 16.7 Å². The quantitative estimate of drug-likeness (QED) is 0.846. The Morgan fingerprint density at radius 2 is 1.32 bits per heavy atom. The van der Waals surface area contributed by atoms with Crippen LogP contribution in [0.15, 0.2) is 18.2 Å². The molecule has 0 heterocycles. The summed E-state index contributed by atoms with van der Waals surface area (Å²) in [5, 5.41) is 2.51. The zero-order chi connectivity index (χ0) is 15.3. The molecule has 0 unspecified atom stereocenters. The normalized spacial score (nSPS) is 11.7. The van der Waals surface area contributed by atoms with Gasteiger partial charge >= 0.3 is 12.4 Å². The summed E-state index contributed by atoms with van der Waals surface area (Å²) in [4.78, 5) is 8.00. The van der Waals surface area contributed by atoms with E-state index in [1.165, 1.54) is 7.05 Å². The number of halogens is 6. The summed E-state index contributed by atoms with van der Waals surface area (Å²) in [5.41, 5.74) is -2.65. The lowest BCUT2D eigenvalue weighted by Gasteiger charge is -2.13. The minimum atomic E-state index is -4.79. The highest BCUT2D eigenvalue weighted by Crippen LogP contribution is 2.36. The number of carbonyl (C=O) groups is 1. The average Bonchev–Trinajstić information content (AvgIpc) is 2.29. The Hall–Kier alpha value is -1.57. The van der Waals surface area contributed by atoms with Gasteiger partial charge in [-0.2, -0.15) is 26.3 Å². The van der Waals surface area contributed by atoms with Gasteiger partial charge in [-0.05, 0) is 30.8 Å². The van der Waals surface area contributed by atoms with Crippen LogP contribution >= 0.6 is 0 Å². The van der Waals surface area contributed by atoms with Gasteiger partial charge in [-0.25, -0.2) is 0 Å². The molecule has 19 heavy (non-hydrogen) atoms. The molecule has 0 aromatic heterocycles. The topological polar surface area (TPSA) is 29.1 Å². The SMILES string of the molecule is C=O.CNCc1cc(C(F)(F)F)cc(C(F)(F)F)c1. The molecule has 1 aromatic rings. The van der Waals surface area contributed by atoms with E-state index in [1.807, 2.05) is 6.79 Å². The van der Waals surface area contributed by atoms with Crippen LogP contribution in [0.4, 0.5) is 26.3 Å². The smallest absolute Gasteiger partial charge is 0.316 e. The Balaban J connectivity index is 0.00000154. The minimum absolute atomic E-state index is 0.0605. The number of hydrogen-bond donors (Lipinski definition) is 1. The summed E-state index contributed by atoms with van der Waals surface area (Å²) in [6.45, 7) is 1.94. The first-order chi connectivity index (χ1) is 8.64. The van der Waals surface area contributed by atoms with Crippen molar-refractivity contribution in [2.45, 2.75) is 18.9 Å². The first-order valence-corrected chi connectivity index (χ1v) is 4.86. The van der Waals surface area contributed by atoms with Crippen LogP contribution in [-0.4, -0.2) is 13.8 Å². The molecule has 0 aliphatic rings. The van der Waals surface area contributed by atoms with E-state index in [9.17, 15) is 26.3 Å². The molecule has 1 aromatic carbocycles. The molecule has 108 valence electrons. The van der Waals surface area contributed by atoms with Crippen LogP contribution in [0.3, 0.4) is 0 Å². The van der Waals surface area contributed by atoms with Gasteiger partial charge in [0.25, 0.3) is 0 Å². The van der Waals surface area contributed by atoms with E-state index in [0.717, 1.165) is 0 Å². The molecule has 0 radical (unpaired) electrons. The summed E-state index contributed by atoms with van der Waals surface area (Å²) in [7, 11) is 1.44. The summed E-state index contributed by atoms with van der Waals surface area (Å²) < 4.78 is 74.3. The van der Waals surface area contributed by atoms with Crippen LogP contribution < -0.4 is 5.32 Å². The van der Waals surface area contributed by atoms with Gasteiger partial charge in [-0.1, -0.05) is 0 Å². The van der Waals surface area contributed by atoms with E-state index in [-0.39, 0.29) is 18.2 Å². The predicted molar refractivity (Wildman–Crippen MR) is 56.3 cm³/mol. The number of rotatable bonds is 2. The molecule has 0 fully saturated rings. The van der Waals surface area contributed by atoms with Gasteiger partial charge in [0.1, 0.15) is 6.79 Å². The minimum Gasteiger partial charge on any atom is -0.316 e. The van der Waals surface area contributed by atoms with Gasteiger partial charge < -0.3 is 10.1 Å². The Labute approximate surface area is 105 Å². The van der Waals surface area contributed by atoms with Crippen molar-refractivity contribution in [3.8, 4) is 0 Å². The van der Waals surface area contributed by atoms with Crippen molar-refractivity contribution in [2.24, 2.45) is 0 Å². The monoisotopic (exact) mass is 287 g/mol. The molecule has 0 bridgehead atoms. The van der Waals surface area contributed by atoms with Crippen molar-refractivity contribution in [3.63, 3.8) is 0 Å². The third-order valence-corrected chi connectivity index (χ3v) is 2.03. The van der Waals surface area contributed by atoms with Crippen molar-refractivity contribution in [3.05, 3.63) is 34.9 Å². The zero-order valence-corrected chi connectivity index (χ0v) is 9.82. The predicted octanol–water partition coefficient (Wildman–Crippen LogP) is 3.26. The lowest BCUT2D eigenvalue weighted by Crippen LogP contribution is -2.14. The highest BCUT2D eigenvalue weighted by molar-refractivity contribution is 5.33. The molecule has 0 atom stereocenters. The van der Waals surface area contributed by atoms with Crippen molar-refractivity contribution >= 4 is 6.79 Å². The van der Waals surface area contributed by atoms with Gasteiger partial charge in [-0.3, -0.25) is 0 Å². The number of benzene rings is 1. The molecule has 0 saturated heterocycles. The number of hydrogen-bond acceptors (Lipinski definition) is 2. The van der Waals surface area contributed by atoms with Gasteiger partial charge in [-0.15, -0.1) is 0 Å². The van der Waals surface area contributed by atoms with Crippen molar-refractivity contribution < 1.29 is 31.1 Å². The first-order valence-electron chi connectivity index (χ1n) is 4.86. The molecular weight excluding hydrogens is 276 g/mol. The molecular formula is C11H11F6NO. The molecule has 1 N–H and O–H groups in total. The standard InChI is InChI=1S/C10H9F6N.CH2O/c1-17-5-6-2-7(9(11,12)13)4-8(3-6)10(14,15)16;1-2/h2-4,17H,5H2,1H3;1H2. The fourth-order valence-corrected chi connectivity index (χ4v) is 1.33. The second kappa shape index (κ2) is 6.55. The van der Waals surface area contributed by atoms with Crippen LogP contribution in [0.2, 0.25) is 0 Å². The van der Waals surface area contributed by atoms with Crippen LogP contribution in [-0.2, 0) is 23.7 Å². The zero-order valence-electron chi connectivity index (χ0n) is 9.82. The maximum absolute atomic E-state index is 12.4. The van der Waals surface area contributed by atoms with Crippen LogP contribution in [0.5, 0.6) is 0 Å². The van der Waals surface area contributed by atoms with Crippen molar-refractivity contribution in [1.29, 1.82) is 0 Å². The van der Waals surface area contributed by atoms with E-state index in [1.54, 1.807) is 0 Å². The Kier molecular flexibility index (Phi) is 6.01. The maximum Gasteiger partial charge on any atom is 0.416 e. The fraction of sp³-hybridized carbons (Fsp3) is 0.364. The van der Waals surface area contributed by atoms with Crippen molar-refractivity contribution in [2.75, 3.05) is 7.05 Å². The lowest BCUT2D eigenvalue weighted by molar-refractivity contribution is -0.143. The van der Waals surface area contributed by atoms with E-state index >= 15 is 0 Å². The highest BCUT2D eigenvalue weighted by atomic mass is 19.4. The molecule has 1 rings (SSSR count). The summed E-state index contributed by atoms with van der Waals surface area (Å²) in [6.07, 6.45) is -9.58. The molecule has 2 nitrogen and oxygen atoms in total. The van der Waals surface area contributed by atoms with Gasteiger partial charge in [0.15, 0.2) is 0 Å². The molecule has 0 aliphatic heterocycles. The van der Waals surface area contributed by atoms with Crippen LogP contribution in [0.25, 0.3) is 0 Å². The number of nitrogens with one attached hydrogen (secondary N) is 1. The van der Waals surface area contributed by atoms with E-state index in [0.29, 0.717) is 12.1 Å². The molecule has 0 saturated carbocycles. The summed E-state index contributed by atoms with van der Waals surface area (Å²) in [6, 6.07) is 1.51. The Bertz CT molecular complexity index is 380. The number of carbonyl (C=O) groups excluding carboxylic acids is 1. The van der Waals surface area contributed by atoms with E-state index in [4.69, 9.17) is 4.79 Å². The average molecular weight is 287 g/mol. The largest absolute Gasteiger partial charge is 0.416 e. The van der Waals surface area contributed by atoms with E-state index < -0.39 is 23.5 Å². The lowest BCUT2D eigenvalue weighted by atomic mass is 10.0. The van der Waals surface area contributed by atoms with E-state index in [2.05, 4.69) is 5.32 Å². The fourth-order valence-electron chi connectivity index (χ4n) is 1.33. The number of alkyl halides is 6. The third-order valence-electron chi connectivity index (χ3n) is 2.03. The molecule has 8 heteroatoms. The third kappa shape index (κ3) is 5.29. The molecule has 0 amide bonds. The second-order valence-corrected chi connectivity index (χ2v) is 3.44. The second-order valence-electron chi connectivity index (χ2n) is 3.44. The van der Waals surface area contributed by atoms with Crippen molar-refractivity contribution in [1.82, 2.24) is 5.32 Å². The molecule has 0 aliphatic carbocycles. The summed E-state index contributed by atoms with van der Waals surface area (Å²) >= 11 is 0. The van der Waals surface area contributed by atoms with Gasteiger partial charge in [0.2, 0.25) is 0 Å². The van der Waals surface area contributed by atoms with Gasteiger partial charge in [0, 0.05) is 6.54 Å².